The Morgan fingerprint density at radius 2 is 1.22 bits per heavy atom. The van der Waals surface area contributed by atoms with Crippen molar-refractivity contribution in [3.05, 3.63) is 155 Å². The molecule has 0 aromatic heterocycles. The van der Waals surface area contributed by atoms with E-state index >= 15 is 0 Å². The molecule has 3 N–H and O–H groups in total. The van der Waals surface area contributed by atoms with Gasteiger partial charge in [0.15, 0.2) is 0 Å². The zero-order chi connectivity index (χ0) is 45.4. The van der Waals surface area contributed by atoms with Gasteiger partial charge in [-0.15, -0.1) is 0 Å². The molecule has 0 bridgehead atoms. The van der Waals surface area contributed by atoms with Crippen molar-refractivity contribution in [2.45, 2.75) is 56.3 Å². The highest BCUT2D eigenvalue weighted by molar-refractivity contribution is 7.51. The highest BCUT2D eigenvalue weighted by atomic mass is 31.2. The van der Waals surface area contributed by atoms with Crippen LogP contribution in [0.3, 0.4) is 0 Å². The van der Waals surface area contributed by atoms with Gasteiger partial charge in [-0.2, -0.15) is 0 Å². The normalized spacial score (nSPS) is 14.1. The Morgan fingerprint density at radius 1 is 0.672 bits per heavy atom. The summed E-state index contributed by atoms with van der Waals surface area (Å²) in [6.07, 6.45) is 1.43. The Morgan fingerprint density at radius 3 is 1.77 bits per heavy atom. The molecule has 3 atom stereocenters. The Bertz CT molecular complexity index is 2200. The van der Waals surface area contributed by atoms with Crippen LogP contribution < -0.4 is 25.2 Å². The lowest BCUT2D eigenvalue weighted by Crippen LogP contribution is -2.51. The molecule has 5 aromatic rings. The Kier molecular flexibility index (Phi) is 17.5. The molecule has 3 unspecified atom stereocenters. The number of alkyl carbamates (subject to hydrolysis) is 1. The molecule has 1 aliphatic rings. The van der Waals surface area contributed by atoms with Gasteiger partial charge in [-0.3, -0.25) is 9.32 Å². The Hall–Kier alpha value is -5.53. The van der Waals surface area contributed by atoms with E-state index in [0.717, 1.165) is 38.9 Å². The number of amides is 2. The van der Waals surface area contributed by atoms with Gasteiger partial charge in [0.2, 0.25) is 5.91 Å². The minimum Gasteiger partial charge on any atom is -0.497 e. The minimum absolute atomic E-state index is 0.0707. The first-order valence-electron chi connectivity index (χ1n) is 21.6. The number of benzene rings is 5. The van der Waals surface area contributed by atoms with Gasteiger partial charge >= 0.3 is 13.8 Å². The second-order valence-corrected chi connectivity index (χ2v) is 17.3. The summed E-state index contributed by atoms with van der Waals surface area (Å²) in [5.41, 5.74) is 5.45. The van der Waals surface area contributed by atoms with Crippen molar-refractivity contribution in [3.63, 3.8) is 0 Å². The van der Waals surface area contributed by atoms with Gasteiger partial charge in [0.1, 0.15) is 29.7 Å². The molecule has 64 heavy (non-hydrogen) atoms. The Labute approximate surface area is 376 Å². The van der Waals surface area contributed by atoms with Gasteiger partial charge in [-0.1, -0.05) is 116 Å². The van der Waals surface area contributed by atoms with Crippen LogP contribution in [-0.4, -0.2) is 85.5 Å². The molecule has 13 nitrogen and oxygen atoms in total. The van der Waals surface area contributed by atoms with Crippen molar-refractivity contribution < 1.29 is 46.9 Å². The van der Waals surface area contributed by atoms with Gasteiger partial charge in [-0.25, -0.2) is 14.4 Å². The number of nitrogens with one attached hydrogen (secondary N) is 3. The third kappa shape index (κ3) is 11.8. The summed E-state index contributed by atoms with van der Waals surface area (Å²) in [6.45, 7) is 2.74. The van der Waals surface area contributed by atoms with E-state index < -0.39 is 31.4 Å². The number of carbonyl (C=O) groups excluding carboxylic acids is 2. The molecule has 6 rings (SSSR count). The van der Waals surface area contributed by atoms with Crippen molar-refractivity contribution in [1.29, 1.82) is 0 Å². The lowest BCUT2D eigenvalue weighted by atomic mass is 9.80. The first-order valence-corrected chi connectivity index (χ1v) is 23.2. The predicted octanol–water partition coefficient (Wildman–Crippen LogP) is 8.99. The minimum atomic E-state index is -3.52. The zero-order valence-electron chi connectivity index (χ0n) is 37.3. The number of hydrogen-bond acceptors (Lipinski definition) is 10. The quantitative estimate of drug-likeness (QED) is 0.0293. The van der Waals surface area contributed by atoms with E-state index in [2.05, 4.69) is 40.0 Å². The highest BCUT2D eigenvalue weighted by Gasteiger charge is 2.40. The van der Waals surface area contributed by atoms with Crippen molar-refractivity contribution in [1.82, 2.24) is 15.7 Å². The molecule has 0 aliphatic heterocycles. The topological polar surface area (TPSA) is 152 Å². The van der Waals surface area contributed by atoms with Crippen molar-refractivity contribution in [2.75, 3.05) is 61.3 Å². The van der Waals surface area contributed by atoms with Crippen molar-refractivity contribution in [2.24, 2.45) is 0 Å². The second-order valence-electron chi connectivity index (χ2n) is 15.4. The maximum absolute atomic E-state index is 14.2. The van der Waals surface area contributed by atoms with E-state index in [1.54, 1.807) is 21.3 Å². The number of methoxy groups -OCH3 is 3. The molecule has 2 amide bonds. The molecule has 0 saturated carbocycles. The van der Waals surface area contributed by atoms with E-state index in [-0.39, 0.29) is 25.2 Å². The molecule has 340 valence electrons. The molecular weight excluding hydrogens is 834 g/mol. The molecule has 0 radical (unpaired) electrons. The summed E-state index contributed by atoms with van der Waals surface area (Å²) in [6, 6.07) is 39.9. The van der Waals surface area contributed by atoms with E-state index in [0.29, 0.717) is 56.9 Å². The van der Waals surface area contributed by atoms with Crippen LogP contribution in [0.15, 0.2) is 127 Å². The van der Waals surface area contributed by atoms with Crippen LogP contribution in [0.4, 0.5) is 4.79 Å². The number of ether oxygens (including phenoxy) is 5. The fourth-order valence-corrected chi connectivity index (χ4v) is 9.30. The summed E-state index contributed by atoms with van der Waals surface area (Å²) >= 11 is 0. The maximum atomic E-state index is 14.2. The van der Waals surface area contributed by atoms with Crippen LogP contribution in [0.25, 0.3) is 11.1 Å². The SMILES string of the molecule is CCC(COC)OP(=O)(NCCCCCNC(=O)C(COC(c1ccccc1)(c1ccc(OC)cc1)c1ccc(OC)cc1)NC(=O)OCC1c2ccccc2-c2ccccc21)OC. The highest BCUT2D eigenvalue weighted by Crippen LogP contribution is 2.46. The largest absolute Gasteiger partial charge is 0.497 e. The number of carbonyl (C=O) groups is 2. The van der Waals surface area contributed by atoms with Crippen LogP contribution in [0.5, 0.6) is 11.5 Å². The predicted molar refractivity (Wildman–Crippen MR) is 247 cm³/mol. The summed E-state index contributed by atoms with van der Waals surface area (Å²) in [4.78, 5) is 28.1. The summed E-state index contributed by atoms with van der Waals surface area (Å²) in [5.74, 6) is 0.714. The van der Waals surface area contributed by atoms with E-state index in [9.17, 15) is 14.2 Å². The maximum Gasteiger partial charge on any atom is 0.407 e. The van der Waals surface area contributed by atoms with Gasteiger partial charge in [0.05, 0.1) is 33.5 Å². The summed E-state index contributed by atoms with van der Waals surface area (Å²) < 4.78 is 53.2. The molecular formula is C50H60N3O10P. The monoisotopic (exact) mass is 893 g/mol. The lowest BCUT2D eigenvalue weighted by Gasteiger charge is -2.37. The number of unbranched alkanes of at least 4 members (excludes halogenated alkanes) is 2. The fraction of sp³-hybridized carbons (Fsp3) is 0.360. The first kappa shape index (κ1) is 47.9. The van der Waals surface area contributed by atoms with E-state index in [4.69, 9.17) is 32.7 Å². The fourth-order valence-electron chi connectivity index (χ4n) is 7.98. The van der Waals surface area contributed by atoms with Crippen LogP contribution in [-0.2, 0) is 38.2 Å². The van der Waals surface area contributed by atoms with Crippen molar-refractivity contribution >= 4 is 19.7 Å². The third-order valence-corrected chi connectivity index (χ3v) is 13.1. The van der Waals surface area contributed by atoms with Gasteiger partial charge in [0.25, 0.3) is 0 Å². The van der Waals surface area contributed by atoms with Crippen LogP contribution in [0.2, 0.25) is 0 Å². The zero-order valence-corrected chi connectivity index (χ0v) is 38.1. The van der Waals surface area contributed by atoms with Crippen LogP contribution in [0.1, 0.15) is 66.3 Å². The molecule has 0 heterocycles. The lowest BCUT2D eigenvalue weighted by molar-refractivity contribution is -0.126. The number of fused-ring (bicyclic) bond motifs is 3. The Balaban J connectivity index is 1.20. The van der Waals surface area contributed by atoms with Crippen molar-refractivity contribution in [3.8, 4) is 22.6 Å². The average molecular weight is 894 g/mol. The van der Waals surface area contributed by atoms with Gasteiger partial charge in [-0.05, 0) is 82.5 Å². The van der Waals surface area contributed by atoms with Crippen LogP contribution in [0, 0.1) is 0 Å². The van der Waals surface area contributed by atoms with E-state index in [1.165, 1.54) is 7.11 Å². The number of rotatable bonds is 25. The molecule has 0 saturated heterocycles. The van der Waals surface area contributed by atoms with Gasteiger partial charge < -0.3 is 38.8 Å². The molecule has 0 fully saturated rings. The first-order chi connectivity index (χ1) is 31.2. The van der Waals surface area contributed by atoms with E-state index in [1.807, 2.05) is 110 Å². The molecule has 0 spiro atoms. The number of hydrogen-bond donors (Lipinski definition) is 3. The third-order valence-electron chi connectivity index (χ3n) is 11.4. The standard InChI is InChI=1S/C50H60N3O10P/c1-6-39(33-57-2)63-64(56,60-5)52-32-16-8-15-31-51-48(54)47(53-49(55)61-34-46-44-21-13-11-19-42(44)43-20-12-14-22-45(43)46)35-62-50(36-17-9-7-10-18-36,37-23-27-40(58-3)28-24-37)38-25-29-41(59-4)30-26-38/h7,9-14,17-30,39,46-47H,6,8,15-16,31-35H2,1-5H3,(H,51,54)(H,52,56)(H,53,55). The molecule has 5 aromatic carbocycles. The van der Waals surface area contributed by atoms with Crippen LogP contribution >= 0.6 is 7.75 Å². The summed E-state index contributed by atoms with van der Waals surface area (Å²) in [7, 11) is 2.60. The summed E-state index contributed by atoms with van der Waals surface area (Å²) in [5, 5.41) is 8.76. The van der Waals surface area contributed by atoms with Gasteiger partial charge in [0, 0.05) is 33.2 Å². The smallest absolute Gasteiger partial charge is 0.407 e. The molecule has 14 heteroatoms. The molecule has 1 aliphatic carbocycles. The average Bonchev–Trinajstić information content (AvgIpc) is 3.66. The second kappa shape index (κ2) is 23.4.